The summed E-state index contributed by atoms with van der Waals surface area (Å²) in [5, 5.41) is 0.543. The Morgan fingerprint density at radius 3 is 2.44 bits per heavy atom. The molecule has 0 unspecified atom stereocenters. The normalized spacial score (nSPS) is 11.3. The first-order chi connectivity index (χ1) is 13.2. The number of hydrogen-bond donors (Lipinski definition) is 2. The molecule has 6 heteroatoms. The van der Waals surface area contributed by atoms with Crippen LogP contribution in [0.15, 0.2) is 64.2 Å². The highest BCUT2D eigenvalue weighted by Crippen LogP contribution is 2.05. The van der Waals surface area contributed by atoms with Crippen LogP contribution in [0, 0.1) is 0 Å². The van der Waals surface area contributed by atoms with Gasteiger partial charge in [0, 0.05) is 25.4 Å². The molecule has 0 bridgehead atoms. The number of fused-ring (bicyclic) bond motifs is 1. The Balaban J connectivity index is 1.64. The number of rotatable bonds is 9. The van der Waals surface area contributed by atoms with Gasteiger partial charge in [0.15, 0.2) is 0 Å². The average Bonchev–Trinajstić information content (AvgIpc) is 2.68. The van der Waals surface area contributed by atoms with E-state index >= 15 is 0 Å². The van der Waals surface area contributed by atoms with Crippen molar-refractivity contribution >= 4 is 23.5 Å². The molecule has 1 aromatic heterocycles. The van der Waals surface area contributed by atoms with E-state index in [2.05, 4.69) is 46.8 Å². The van der Waals surface area contributed by atoms with Gasteiger partial charge in [-0.05, 0) is 37.1 Å². The highest BCUT2D eigenvalue weighted by molar-refractivity contribution is 7.80. The molecule has 0 aliphatic rings. The van der Waals surface area contributed by atoms with E-state index in [4.69, 9.17) is 0 Å². The van der Waals surface area contributed by atoms with Crippen LogP contribution in [-0.4, -0.2) is 39.8 Å². The molecule has 142 valence electrons. The Morgan fingerprint density at radius 2 is 1.67 bits per heavy atom. The number of para-hydroxylation sites is 1. The van der Waals surface area contributed by atoms with Gasteiger partial charge in [-0.3, -0.25) is 9.36 Å². The third-order valence-corrected chi connectivity index (χ3v) is 4.93. The Labute approximate surface area is 164 Å². The quantitative estimate of drug-likeness (QED) is 0.559. The van der Waals surface area contributed by atoms with E-state index in [1.807, 2.05) is 18.2 Å². The van der Waals surface area contributed by atoms with Gasteiger partial charge in [0.2, 0.25) is 0 Å². The minimum Gasteiger partial charge on any atom is -0.307 e. The van der Waals surface area contributed by atoms with Crippen molar-refractivity contribution in [3.8, 4) is 0 Å². The van der Waals surface area contributed by atoms with Crippen molar-refractivity contribution in [2.75, 3.05) is 25.4 Å². The van der Waals surface area contributed by atoms with E-state index in [0.29, 0.717) is 24.0 Å². The summed E-state index contributed by atoms with van der Waals surface area (Å²) >= 11 is 4.34. The number of aryl methyl sites for hydroxylation is 1. The zero-order valence-electron chi connectivity index (χ0n) is 15.3. The Kier molecular flexibility index (Phi) is 6.90. The number of hydrogen-bond acceptors (Lipinski definition) is 4. The van der Waals surface area contributed by atoms with Gasteiger partial charge in [-0.2, -0.15) is 12.6 Å². The van der Waals surface area contributed by atoms with E-state index in [-0.39, 0.29) is 11.2 Å². The lowest BCUT2D eigenvalue weighted by atomic mass is 10.1. The molecule has 3 rings (SSSR count). The van der Waals surface area contributed by atoms with Gasteiger partial charge < -0.3 is 9.88 Å². The van der Waals surface area contributed by atoms with Gasteiger partial charge in [-0.1, -0.05) is 42.5 Å². The molecule has 27 heavy (non-hydrogen) atoms. The molecule has 5 nitrogen and oxygen atoms in total. The fourth-order valence-corrected chi connectivity index (χ4v) is 3.55. The molecule has 0 saturated carbocycles. The van der Waals surface area contributed by atoms with Crippen molar-refractivity contribution in [3.05, 3.63) is 81.0 Å². The SMILES string of the molecule is O=c1[nH]c2ccccc2c(=O)n1CCN(CCS)CCCc1ccccc1. The third-order valence-electron chi connectivity index (χ3n) is 4.73. The number of nitrogens with zero attached hydrogens (tertiary/aromatic N) is 2. The fraction of sp³-hybridized carbons (Fsp3) is 0.333. The van der Waals surface area contributed by atoms with Crippen LogP contribution in [0.25, 0.3) is 10.9 Å². The summed E-state index contributed by atoms with van der Waals surface area (Å²) < 4.78 is 1.30. The second kappa shape index (κ2) is 9.58. The van der Waals surface area contributed by atoms with Crippen LogP contribution in [0.2, 0.25) is 0 Å². The van der Waals surface area contributed by atoms with Gasteiger partial charge in [0.1, 0.15) is 0 Å². The van der Waals surface area contributed by atoms with Gasteiger partial charge in [0.25, 0.3) is 5.56 Å². The van der Waals surface area contributed by atoms with Crippen LogP contribution < -0.4 is 11.2 Å². The average molecular weight is 384 g/mol. The molecule has 0 aliphatic carbocycles. The molecule has 0 fully saturated rings. The second-order valence-corrected chi connectivity index (χ2v) is 7.03. The first kappa shape index (κ1) is 19.5. The fourth-order valence-electron chi connectivity index (χ4n) is 3.27. The third kappa shape index (κ3) is 5.11. The molecule has 1 N–H and O–H groups in total. The van der Waals surface area contributed by atoms with Crippen LogP contribution in [0.1, 0.15) is 12.0 Å². The van der Waals surface area contributed by atoms with Crippen LogP contribution in [0.5, 0.6) is 0 Å². The predicted molar refractivity (Wildman–Crippen MR) is 114 cm³/mol. The zero-order valence-corrected chi connectivity index (χ0v) is 16.2. The van der Waals surface area contributed by atoms with Gasteiger partial charge in [-0.15, -0.1) is 0 Å². The zero-order chi connectivity index (χ0) is 19.1. The topological polar surface area (TPSA) is 58.1 Å². The molecule has 0 amide bonds. The number of benzene rings is 2. The smallest absolute Gasteiger partial charge is 0.307 e. The van der Waals surface area contributed by atoms with Gasteiger partial charge >= 0.3 is 5.69 Å². The number of aromatic amines is 1. The van der Waals surface area contributed by atoms with E-state index < -0.39 is 0 Å². The van der Waals surface area contributed by atoms with Crippen LogP contribution in [0.3, 0.4) is 0 Å². The lowest BCUT2D eigenvalue weighted by molar-refractivity contribution is 0.272. The molecule has 0 radical (unpaired) electrons. The van der Waals surface area contributed by atoms with E-state index in [9.17, 15) is 9.59 Å². The Morgan fingerprint density at radius 1 is 0.926 bits per heavy atom. The summed E-state index contributed by atoms with van der Waals surface area (Å²) in [6.07, 6.45) is 2.04. The summed E-state index contributed by atoms with van der Waals surface area (Å²) in [5.74, 6) is 0.744. The summed E-state index contributed by atoms with van der Waals surface area (Å²) in [6, 6.07) is 17.5. The van der Waals surface area contributed by atoms with Crippen LogP contribution in [-0.2, 0) is 13.0 Å². The number of H-pyrrole nitrogens is 1. The summed E-state index contributed by atoms with van der Waals surface area (Å²) in [4.78, 5) is 30.0. The Bertz CT molecular complexity index is 982. The summed E-state index contributed by atoms with van der Waals surface area (Å²) in [5.41, 5.74) is 1.32. The van der Waals surface area contributed by atoms with E-state index in [0.717, 1.165) is 31.7 Å². The number of nitrogens with one attached hydrogen (secondary N) is 1. The molecule has 0 saturated heterocycles. The maximum atomic E-state index is 12.6. The van der Waals surface area contributed by atoms with Crippen molar-refractivity contribution in [2.45, 2.75) is 19.4 Å². The van der Waals surface area contributed by atoms with Gasteiger partial charge in [0.05, 0.1) is 10.9 Å². The largest absolute Gasteiger partial charge is 0.328 e. The van der Waals surface area contributed by atoms with Crippen LogP contribution in [0.4, 0.5) is 0 Å². The van der Waals surface area contributed by atoms with Crippen molar-refractivity contribution in [1.29, 1.82) is 0 Å². The number of aromatic nitrogens is 2. The van der Waals surface area contributed by atoms with Crippen molar-refractivity contribution in [3.63, 3.8) is 0 Å². The highest BCUT2D eigenvalue weighted by Gasteiger charge is 2.10. The molecule has 1 heterocycles. The highest BCUT2D eigenvalue weighted by atomic mass is 32.1. The minimum atomic E-state index is -0.353. The lowest BCUT2D eigenvalue weighted by Crippen LogP contribution is -2.40. The maximum Gasteiger partial charge on any atom is 0.328 e. The predicted octanol–water partition coefficient (Wildman–Crippen LogP) is 2.55. The lowest BCUT2D eigenvalue weighted by Gasteiger charge is -2.21. The molecular weight excluding hydrogens is 358 g/mol. The first-order valence-electron chi connectivity index (χ1n) is 9.28. The van der Waals surface area contributed by atoms with Gasteiger partial charge in [-0.25, -0.2) is 4.79 Å². The number of thiol groups is 1. The summed E-state index contributed by atoms with van der Waals surface area (Å²) in [7, 11) is 0. The minimum absolute atomic E-state index is 0.232. The Hall–Kier alpha value is -2.31. The monoisotopic (exact) mass is 383 g/mol. The molecular formula is C21H25N3O2S. The van der Waals surface area contributed by atoms with Crippen LogP contribution >= 0.6 is 12.6 Å². The molecule has 0 aliphatic heterocycles. The second-order valence-electron chi connectivity index (χ2n) is 6.59. The van der Waals surface area contributed by atoms with Crippen molar-refractivity contribution < 1.29 is 0 Å². The molecule has 0 atom stereocenters. The molecule has 3 aromatic rings. The maximum absolute atomic E-state index is 12.6. The first-order valence-corrected chi connectivity index (χ1v) is 9.91. The van der Waals surface area contributed by atoms with Crippen molar-refractivity contribution in [2.24, 2.45) is 0 Å². The summed E-state index contributed by atoms with van der Waals surface area (Å²) in [6.45, 7) is 2.77. The molecule has 0 spiro atoms. The standard InChI is InChI=1S/C21H25N3O2S/c25-20-18-10-4-5-11-19(18)22-21(26)24(20)14-13-23(15-16-27)12-6-9-17-7-2-1-3-8-17/h1-5,7-8,10-11,27H,6,9,12-16H2,(H,22,26). The van der Waals surface area contributed by atoms with E-state index in [1.165, 1.54) is 10.1 Å². The molecule has 2 aromatic carbocycles. The van der Waals surface area contributed by atoms with Crippen molar-refractivity contribution in [1.82, 2.24) is 14.5 Å². The van der Waals surface area contributed by atoms with E-state index in [1.54, 1.807) is 12.1 Å².